The molecule has 0 spiro atoms. The van der Waals surface area contributed by atoms with Gasteiger partial charge in [-0.1, -0.05) is 56.5 Å². The lowest BCUT2D eigenvalue weighted by atomic mass is 10.00. The first-order valence-electron chi connectivity index (χ1n) is 4.84. The van der Waals surface area contributed by atoms with Gasteiger partial charge in [0.1, 0.15) is 0 Å². The molecular weight excluding hydrogens is 168 g/mol. The van der Waals surface area contributed by atoms with Crippen molar-refractivity contribution in [3.63, 3.8) is 0 Å². The van der Waals surface area contributed by atoms with Crippen LogP contribution in [0.2, 0.25) is 0 Å². The number of rotatable bonds is 6. The molecule has 0 N–H and O–H groups in total. The van der Waals surface area contributed by atoms with Crippen LogP contribution in [0.4, 0.5) is 0 Å². The van der Waals surface area contributed by atoms with Crippen molar-refractivity contribution in [1.29, 1.82) is 0 Å². The fraction of sp³-hybridized carbons (Fsp3) is 0.286. The summed E-state index contributed by atoms with van der Waals surface area (Å²) in [5.41, 5.74) is 4.21. The molecule has 0 aromatic rings. The lowest BCUT2D eigenvalue weighted by Gasteiger charge is -2.06. The van der Waals surface area contributed by atoms with Crippen molar-refractivity contribution in [1.82, 2.24) is 0 Å². The maximum atomic E-state index is 3.98. The molecule has 0 aliphatic heterocycles. The molecule has 0 saturated heterocycles. The Bertz CT molecular complexity index is 287. The molecular formula is C14H20. The average molecular weight is 188 g/mol. The molecule has 14 heavy (non-hydrogen) atoms. The maximum absolute atomic E-state index is 3.98. The summed E-state index contributed by atoms with van der Waals surface area (Å²) in [6, 6.07) is 0. The summed E-state index contributed by atoms with van der Waals surface area (Å²) >= 11 is 0. The fourth-order valence-corrected chi connectivity index (χ4v) is 0.901. The summed E-state index contributed by atoms with van der Waals surface area (Å²) < 4.78 is 0. The van der Waals surface area contributed by atoms with E-state index in [1.165, 1.54) is 5.57 Å². The van der Waals surface area contributed by atoms with Crippen molar-refractivity contribution in [2.45, 2.75) is 26.7 Å². The van der Waals surface area contributed by atoms with Crippen molar-refractivity contribution < 1.29 is 0 Å². The number of allylic oxidation sites excluding steroid dienone is 6. The van der Waals surface area contributed by atoms with Crippen LogP contribution in [0, 0.1) is 0 Å². The Kier molecular flexibility index (Phi) is 5.62. The first-order valence-corrected chi connectivity index (χ1v) is 4.84. The Labute approximate surface area is 88.0 Å². The third-order valence-electron chi connectivity index (χ3n) is 1.99. The topological polar surface area (TPSA) is 0 Å². The second-order valence-electron chi connectivity index (χ2n) is 3.59. The molecule has 0 nitrogen and oxygen atoms in total. The quantitative estimate of drug-likeness (QED) is 0.422. The lowest BCUT2D eigenvalue weighted by molar-refractivity contribution is 1.01. The molecule has 0 amide bonds. The fourth-order valence-electron chi connectivity index (χ4n) is 0.901. The highest BCUT2D eigenvalue weighted by Gasteiger charge is 1.98. The average Bonchev–Trinajstić information content (AvgIpc) is 2.13. The van der Waals surface area contributed by atoms with Crippen molar-refractivity contribution in [3.05, 3.63) is 60.8 Å². The Morgan fingerprint density at radius 3 is 2.07 bits per heavy atom. The van der Waals surface area contributed by atoms with Gasteiger partial charge in [-0.05, 0) is 30.9 Å². The molecule has 0 aliphatic rings. The van der Waals surface area contributed by atoms with Gasteiger partial charge in [0.05, 0.1) is 0 Å². The Morgan fingerprint density at radius 2 is 1.64 bits per heavy atom. The van der Waals surface area contributed by atoms with Crippen LogP contribution < -0.4 is 0 Å². The molecule has 0 bridgehead atoms. The van der Waals surface area contributed by atoms with E-state index in [1.54, 1.807) is 0 Å². The van der Waals surface area contributed by atoms with E-state index in [0.29, 0.717) is 0 Å². The van der Waals surface area contributed by atoms with Crippen molar-refractivity contribution in [2.24, 2.45) is 0 Å². The molecule has 76 valence electrons. The van der Waals surface area contributed by atoms with E-state index in [4.69, 9.17) is 0 Å². The first-order chi connectivity index (χ1) is 6.47. The standard InChI is InChI=1S/C14H20/c1-7-12(4)10-14(6)13(5)9-8-11(2)3/h8-9H,2,4-7,10H2,1,3H3/b9-8-. The molecule has 0 aromatic carbocycles. The molecule has 0 unspecified atom stereocenters. The number of hydrogen-bond acceptors (Lipinski definition) is 0. The van der Waals surface area contributed by atoms with Gasteiger partial charge in [-0.2, -0.15) is 0 Å². The third-order valence-corrected chi connectivity index (χ3v) is 1.99. The van der Waals surface area contributed by atoms with Gasteiger partial charge < -0.3 is 0 Å². The third kappa shape index (κ3) is 5.36. The second kappa shape index (κ2) is 6.20. The first kappa shape index (κ1) is 12.7. The zero-order valence-electron chi connectivity index (χ0n) is 9.40. The lowest BCUT2D eigenvalue weighted by Crippen LogP contribution is -1.86. The van der Waals surface area contributed by atoms with E-state index < -0.39 is 0 Å². The summed E-state index contributed by atoms with van der Waals surface area (Å²) in [4.78, 5) is 0. The minimum absolute atomic E-state index is 0.843. The van der Waals surface area contributed by atoms with Gasteiger partial charge in [0.25, 0.3) is 0 Å². The van der Waals surface area contributed by atoms with Crippen LogP contribution in [-0.2, 0) is 0 Å². The van der Waals surface area contributed by atoms with Crippen LogP contribution in [-0.4, -0.2) is 0 Å². The van der Waals surface area contributed by atoms with E-state index in [2.05, 4.69) is 33.2 Å². The molecule has 0 aliphatic carbocycles. The molecule has 0 heterocycles. The van der Waals surface area contributed by atoms with Gasteiger partial charge in [-0.15, -0.1) is 0 Å². The molecule has 0 aromatic heterocycles. The van der Waals surface area contributed by atoms with Crippen molar-refractivity contribution in [3.8, 4) is 0 Å². The minimum atomic E-state index is 0.843. The highest BCUT2D eigenvalue weighted by molar-refractivity contribution is 5.39. The van der Waals surface area contributed by atoms with Gasteiger partial charge in [-0.3, -0.25) is 0 Å². The maximum Gasteiger partial charge on any atom is -0.00701 e. The molecule has 0 atom stereocenters. The zero-order valence-corrected chi connectivity index (χ0v) is 9.40. The van der Waals surface area contributed by atoms with Crippen molar-refractivity contribution in [2.75, 3.05) is 0 Å². The summed E-state index contributed by atoms with van der Waals surface area (Å²) in [7, 11) is 0. The summed E-state index contributed by atoms with van der Waals surface area (Å²) in [5, 5.41) is 0. The van der Waals surface area contributed by atoms with Gasteiger partial charge in [0.2, 0.25) is 0 Å². The van der Waals surface area contributed by atoms with E-state index in [1.807, 2.05) is 19.1 Å². The van der Waals surface area contributed by atoms with Gasteiger partial charge in [0, 0.05) is 0 Å². The van der Waals surface area contributed by atoms with Crippen LogP contribution >= 0.6 is 0 Å². The van der Waals surface area contributed by atoms with Crippen LogP contribution in [0.1, 0.15) is 26.7 Å². The van der Waals surface area contributed by atoms with Crippen LogP contribution in [0.25, 0.3) is 0 Å². The summed E-state index contributed by atoms with van der Waals surface area (Å²) in [6.07, 6.45) is 5.74. The highest BCUT2D eigenvalue weighted by Crippen LogP contribution is 2.18. The molecule has 0 rings (SSSR count). The molecule has 0 fully saturated rings. The SMILES string of the molecule is C=C(C)/C=C\C(=C)C(=C)CC(=C)CC. The van der Waals surface area contributed by atoms with Gasteiger partial charge in [-0.25, -0.2) is 0 Å². The normalized spacial score (nSPS) is 10.1. The van der Waals surface area contributed by atoms with E-state index >= 15 is 0 Å². The second-order valence-corrected chi connectivity index (χ2v) is 3.59. The minimum Gasteiger partial charge on any atom is -0.0995 e. The Hall–Kier alpha value is -1.30. The molecule has 0 radical (unpaired) electrons. The predicted octanol–water partition coefficient (Wildman–Crippen LogP) is 4.59. The van der Waals surface area contributed by atoms with E-state index in [-0.39, 0.29) is 0 Å². The largest absolute Gasteiger partial charge is 0.0995 e. The van der Waals surface area contributed by atoms with Gasteiger partial charge >= 0.3 is 0 Å². The molecule has 0 saturated carbocycles. The van der Waals surface area contributed by atoms with Crippen molar-refractivity contribution >= 4 is 0 Å². The van der Waals surface area contributed by atoms with Crippen LogP contribution in [0.5, 0.6) is 0 Å². The van der Waals surface area contributed by atoms with Gasteiger partial charge in [0.15, 0.2) is 0 Å². The Balaban J connectivity index is 4.20. The summed E-state index contributed by atoms with van der Waals surface area (Å²) in [5.74, 6) is 0. The predicted molar refractivity (Wildman–Crippen MR) is 66.3 cm³/mol. The summed E-state index contributed by atoms with van der Waals surface area (Å²) in [6.45, 7) is 19.7. The van der Waals surface area contributed by atoms with Crippen LogP contribution in [0.3, 0.4) is 0 Å². The van der Waals surface area contributed by atoms with E-state index in [9.17, 15) is 0 Å². The van der Waals surface area contributed by atoms with E-state index in [0.717, 1.165) is 29.6 Å². The zero-order chi connectivity index (χ0) is 11.1. The smallest absolute Gasteiger partial charge is 0.00701 e. The molecule has 0 heteroatoms. The number of hydrogen-bond donors (Lipinski definition) is 0. The highest BCUT2D eigenvalue weighted by atomic mass is 14.0. The Morgan fingerprint density at radius 1 is 1.07 bits per heavy atom. The monoisotopic (exact) mass is 188 g/mol. The van der Waals surface area contributed by atoms with Crippen LogP contribution in [0.15, 0.2) is 60.8 Å².